The Morgan fingerprint density at radius 1 is 1.48 bits per heavy atom. The number of ether oxygens (including phenoxy) is 2. The summed E-state index contributed by atoms with van der Waals surface area (Å²) in [4.78, 5) is 24.9. The van der Waals surface area contributed by atoms with Crippen molar-refractivity contribution in [1.82, 2.24) is 4.57 Å². The number of nitrogens with zero attached hydrogens (tertiary/aromatic N) is 2. The molecule has 29 heavy (non-hydrogen) atoms. The molecule has 0 radical (unpaired) electrons. The van der Waals surface area contributed by atoms with Crippen LogP contribution in [0.1, 0.15) is 13.3 Å². The Bertz CT molecular complexity index is 1060. The van der Waals surface area contributed by atoms with Gasteiger partial charge in [-0.1, -0.05) is 0 Å². The Morgan fingerprint density at radius 3 is 2.86 bits per heavy atom. The van der Waals surface area contributed by atoms with Crippen LogP contribution in [0.25, 0.3) is 10.9 Å². The van der Waals surface area contributed by atoms with Crippen molar-refractivity contribution < 1.29 is 28.2 Å². The van der Waals surface area contributed by atoms with Crippen LogP contribution < -0.4 is 20.8 Å². The van der Waals surface area contributed by atoms with Gasteiger partial charge in [0.1, 0.15) is 17.1 Å². The molecule has 2 unspecified atom stereocenters. The van der Waals surface area contributed by atoms with Crippen molar-refractivity contribution in [3.05, 3.63) is 34.1 Å². The van der Waals surface area contributed by atoms with E-state index in [1.165, 1.54) is 4.57 Å². The number of nitrogens with two attached hydrogens (primary N) is 1. The topological polar surface area (TPSA) is 107 Å². The summed E-state index contributed by atoms with van der Waals surface area (Å²) < 4.78 is 42.1. The molecule has 8 nitrogen and oxygen atoms in total. The number of carbonyl (C=O) groups is 1. The maximum Gasteiger partial charge on any atom is 0.511 e. The van der Waals surface area contributed by atoms with Gasteiger partial charge in [-0.25, -0.2) is 13.6 Å². The highest BCUT2D eigenvalue weighted by Gasteiger charge is 2.51. The first kappa shape index (κ1) is 19.6. The van der Waals surface area contributed by atoms with Crippen molar-refractivity contribution in [3.63, 3.8) is 0 Å². The molecule has 2 saturated heterocycles. The molecule has 10 heteroatoms. The Kier molecular flexibility index (Phi) is 4.70. The predicted molar refractivity (Wildman–Crippen MR) is 101 cm³/mol. The number of fused-ring (bicyclic) bond motifs is 2. The van der Waals surface area contributed by atoms with Crippen LogP contribution in [0.15, 0.2) is 17.1 Å². The largest absolute Gasteiger partial charge is 0.511 e. The van der Waals surface area contributed by atoms with Crippen LogP contribution in [0, 0.1) is 17.6 Å². The third-order valence-electron chi connectivity index (χ3n) is 5.90. The third-order valence-corrected chi connectivity index (χ3v) is 5.90. The second kappa shape index (κ2) is 6.96. The zero-order valence-electron chi connectivity index (χ0n) is 15.8. The fourth-order valence-electron chi connectivity index (χ4n) is 4.49. The normalized spacial score (nSPS) is 23.6. The van der Waals surface area contributed by atoms with E-state index < -0.39 is 34.6 Å². The summed E-state index contributed by atoms with van der Waals surface area (Å²) in [7, 11) is 0. The summed E-state index contributed by atoms with van der Waals surface area (Å²) in [5.41, 5.74) is 4.03. The van der Waals surface area contributed by atoms with E-state index in [1.807, 2.05) is 0 Å². The molecular formula is C19H21F2N3O5. The highest BCUT2D eigenvalue weighted by molar-refractivity contribution is 5.86. The third kappa shape index (κ3) is 2.94. The van der Waals surface area contributed by atoms with Crippen molar-refractivity contribution in [1.29, 1.82) is 0 Å². The van der Waals surface area contributed by atoms with E-state index in [-0.39, 0.29) is 42.1 Å². The van der Waals surface area contributed by atoms with Crippen LogP contribution in [-0.4, -0.2) is 47.7 Å². The van der Waals surface area contributed by atoms with Gasteiger partial charge in [-0.2, -0.15) is 0 Å². The van der Waals surface area contributed by atoms with Crippen LogP contribution in [0.2, 0.25) is 0 Å². The summed E-state index contributed by atoms with van der Waals surface area (Å²) in [6.07, 6.45) is 0.199. The van der Waals surface area contributed by atoms with Gasteiger partial charge < -0.3 is 29.8 Å². The average Bonchev–Trinajstić information content (AvgIpc) is 3.21. The van der Waals surface area contributed by atoms with E-state index in [4.69, 9.17) is 15.6 Å². The molecule has 3 heterocycles. The van der Waals surface area contributed by atoms with Crippen LogP contribution in [-0.2, 0) is 11.3 Å². The molecule has 0 spiro atoms. The SMILES string of the molecule is CCn1cc(OC(=O)O)c(=O)c2cc(F)c(N3CC4CCOC4(CN)C3)c(F)c21. The van der Waals surface area contributed by atoms with Crippen LogP contribution in [0.5, 0.6) is 5.75 Å². The quantitative estimate of drug-likeness (QED) is 0.743. The number of rotatable bonds is 4. The Balaban J connectivity index is 1.87. The van der Waals surface area contributed by atoms with Crippen molar-refractivity contribution in [2.24, 2.45) is 11.7 Å². The Morgan fingerprint density at radius 2 is 2.24 bits per heavy atom. The lowest BCUT2D eigenvalue weighted by atomic mass is 9.91. The molecule has 0 amide bonds. The molecule has 1 aromatic carbocycles. The second-order valence-electron chi connectivity index (χ2n) is 7.38. The van der Waals surface area contributed by atoms with E-state index in [0.717, 1.165) is 18.7 Å². The number of hydrogen-bond donors (Lipinski definition) is 2. The minimum Gasteiger partial charge on any atom is -0.449 e. The molecule has 0 aliphatic carbocycles. The average molecular weight is 409 g/mol. The lowest BCUT2D eigenvalue weighted by molar-refractivity contribution is 0.0126. The van der Waals surface area contributed by atoms with Crippen LogP contribution >= 0.6 is 0 Å². The van der Waals surface area contributed by atoms with E-state index in [2.05, 4.69) is 4.74 Å². The van der Waals surface area contributed by atoms with E-state index in [1.54, 1.807) is 11.8 Å². The molecule has 2 atom stereocenters. The first-order valence-electron chi connectivity index (χ1n) is 9.36. The first-order chi connectivity index (χ1) is 13.8. The maximum absolute atomic E-state index is 15.5. The number of halogens is 2. The fraction of sp³-hybridized carbons (Fsp3) is 0.474. The minimum atomic E-state index is -1.68. The summed E-state index contributed by atoms with van der Waals surface area (Å²) >= 11 is 0. The molecule has 1 aromatic heterocycles. The van der Waals surface area contributed by atoms with E-state index in [0.29, 0.717) is 13.2 Å². The zero-order valence-corrected chi connectivity index (χ0v) is 15.8. The van der Waals surface area contributed by atoms with Crippen molar-refractivity contribution in [2.45, 2.75) is 25.5 Å². The lowest BCUT2D eigenvalue weighted by Crippen LogP contribution is -2.44. The van der Waals surface area contributed by atoms with E-state index >= 15 is 4.39 Å². The Hall–Kier alpha value is -2.72. The summed E-state index contributed by atoms with van der Waals surface area (Å²) in [5, 5.41) is 8.52. The monoisotopic (exact) mass is 409 g/mol. The highest BCUT2D eigenvalue weighted by atomic mass is 19.1. The minimum absolute atomic E-state index is 0.0710. The van der Waals surface area contributed by atoms with E-state index in [9.17, 15) is 14.0 Å². The molecule has 2 aliphatic heterocycles. The van der Waals surface area contributed by atoms with Crippen molar-refractivity contribution in [3.8, 4) is 5.75 Å². The molecule has 2 fully saturated rings. The first-order valence-corrected chi connectivity index (χ1v) is 9.36. The highest BCUT2D eigenvalue weighted by Crippen LogP contribution is 2.42. The molecule has 2 aliphatic rings. The standard InChI is InChI=1S/C19H21F2N3O5/c1-2-23-7-13(29-18(26)27)17(25)11-5-12(20)16(14(21)15(11)23)24-6-10-3-4-28-19(10,8-22)9-24/h5,7,10H,2-4,6,8-9,22H2,1H3,(H,26,27). The number of benzene rings is 1. The van der Waals surface area contributed by atoms with Crippen LogP contribution in [0.4, 0.5) is 19.3 Å². The van der Waals surface area contributed by atoms with Gasteiger partial charge in [-0.3, -0.25) is 4.79 Å². The number of aryl methyl sites for hydroxylation is 1. The van der Waals surface area contributed by atoms with Gasteiger partial charge in [0, 0.05) is 38.7 Å². The summed E-state index contributed by atoms with van der Waals surface area (Å²) in [6.45, 7) is 3.37. The molecule has 4 rings (SSSR count). The van der Waals surface area contributed by atoms with Gasteiger partial charge in [0.15, 0.2) is 11.6 Å². The molecular weight excluding hydrogens is 388 g/mol. The molecule has 0 bridgehead atoms. The van der Waals surface area contributed by atoms with Gasteiger partial charge in [-0.15, -0.1) is 0 Å². The van der Waals surface area contributed by atoms with Crippen LogP contribution in [0.3, 0.4) is 0 Å². The zero-order chi connectivity index (χ0) is 20.9. The number of anilines is 1. The molecule has 156 valence electrons. The number of hydrogen-bond acceptors (Lipinski definition) is 6. The summed E-state index contributed by atoms with van der Waals surface area (Å²) in [6, 6.07) is 0.932. The predicted octanol–water partition coefficient (Wildman–Crippen LogP) is 1.91. The van der Waals surface area contributed by atoms with Gasteiger partial charge in [0.25, 0.3) is 0 Å². The Labute approximate surface area is 164 Å². The van der Waals surface area contributed by atoms with Crippen molar-refractivity contribution >= 4 is 22.7 Å². The molecule has 3 N–H and O–H groups in total. The number of pyridine rings is 1. The molecule has 2 aromatic rings. The summed E-state index contributed by atoms with van der Waals surface area (Å²) in [5.74, 6) is -2.23. The maximum atomic E-state index is 15.5. The fourth-order valence-corrected chi connectivity index (χ4v) is 4.49. The number of carboxylic acid groups (broad SMARTS) is 1. The lowest BCUT2D eigenvalue weighted by Gasteiger charge is -2.27. The molecule has 0 saturated carbocycles. The van der Waals surface area contributed by atoms with Gasteiger partial charge >= 0.3 is 6.16 Å². The van der Waals surface area contributed by atoms with Crippen molar-refractivity contribution in [2.75, 3.05) is 31.1 Å². The smallest absolute Gasteiger partial charge is 0.449 e. The number of aromatic nitrogens is 1. The van der Waals surface area contributed by atoms with Gasteiger partial charge in [0.05, 0.1) is 17.1 Å². The van der Waals surface area contributed by atoms with Gasteiger partial charge in [0.2, 0.25) is 5.43 Å². The second-order valence-corrected chi connectivity index (χ2v) is 7.38. The van der Waals surface area contributed by atoms with Gasteiger partial charge in [-0.05, 0) is 19.4 Å².